The van der Waals surface area contributed by atoms with E-state index in [0.717, 1.165) is 22.4 Å². The Bertz CT molecular complexity index is 3880. The van der Waals surface area contributed by atoms with Crippen LogP contribution in [0.2, 0.25) is 0 Å². The maximum Gasteiger partial charge on any atom is 0.341 e. The number of hydrogen-bond donors (Lipinski definition) is 4. The van der Waals surface area contributed by atoms with E-state index in [1.807, 2.05) is 35.1 Å². The number of aromatic nitrogens is 6. The van der Waals surface area contributed by atoms with Gasteiger partial charge in [0.25, 0.3) is 26.0 Å². The second-order valence-electron chi connectivity index (χ2n) is 16.4. The minimum Gasteiger partial charge on any atom is -0.497 e. The van der Waals surface area contributed by atoms with Crippen LogP contribution in [0.25, 0.3) is 22.1 Å². The molecule has 9 rings (SSSR count). The summed E-state index contributed by atoms with van der Waals surface area (Å²) in [6, 6.07) is 28.6. The Labute approximate surface area is 474 Å². The predicted octanol–water partition coefficient (Wildman–Crippen LogP) is 5.67. The number of carboxylic acid groups (broad SMARTS) is 1. The van der Waals surface area contributed by atoms with Gasteiger partial charge in [0, 0.05) is 10.9 Å². The Morgan fingerprint density at radius 1 is 0.634 bits per heavy atom. The highest BCUT2D eigenvalue weighted by Crippen LogP contribution is 2.29. The first-order valence-corrected chi connectivity index (χ1v) is 26.6. The van der Waals surface area contributed by atoms with Gasteiger partial charge >= 0.3 is 11.9 Å². The first-order valence-electron chi connectivity index (χ1n) is 22.8. The zero-order chi connectivity index (χ0) is 57.9. The Morgan fingerprint density at radius 2 is 1.07 bits per heavy atom. The highest BCUT2D eigenvalue weighted by Gasteiger charge is 2.28. The van der Waals surface area contributed by atoms with Crippen molar-refractivity contribution in [3.63, 3.8) is 0 Å². The summed E-state index contributed by atoms with van der Waals surface area (Å²) in [6.07, 6.45) is 5.47. The number of ether oxygens (including phenoxy) is 3. The summed E-state index contributed by atoms with van der Waals surface area (Å²) in [5.41, 5.74) is -0.707. The first-order chi connectivity index (χ1) is 38.1. The van der Waals surface area contributed by atoms with E-state index in [4.69, 9.17) is 27.2 Å². The molecular formula is C52H45BBrF4N9O13S2. The summed E-state index contributed by atoms with van der Waals surface area (Å²) in [4.78, 5) is 43.6. The molecule has 2 radical (unpaired) electrons. The number of nitrogens with zero attached hydrogens (tertiary/aromatic N) is 6. The van der Waals surface area contributed by atoms with E-state index in [0.29, 0.717) is 58.2 Å². The summed E-state index contributed by atoms with van der Waals surface area (Å²) >= 11 is 3.48. The molecule has 0 aliphatic rings. The molecule has 0 aliphatic carbocycles. The van der Waals surface area contributed by atoms with Crippen molar-refractivity contribution < 1.29 is 79.1 Å². The topological polar surface area (TPSA) is 328 Å². The zero-order valence-electron chi connectivity index (χ0n) is 42.7. The summed E-state index contributed by atoms with van der Waals surface area (Å²) in [7, 11) is 1.54. The van der Waals surface area contributed by atoms with Crippen LogP contribution < -0.4 is 29.7 Å². The largest absolute Gasteiger partial charge is 0.497 e. The van der Waals surface area contributed by atoms with Gasteiger partial charge in [-0.15, -0.1) is 0 Å². The lowest BCUT2D eigenvalue weighted by Gasteiger charge is -2.19. The standard InChI is InChI=1S/C29H22BrF2N5O5S.C15H10F2N4O4S.C8H9BO2.2H2O/c1-42-29(39)26(12-17-6-11-23(30)22-5-3-2-4-21(17)22)35-28(38)27-24(31)13-18(14-25(27)32)36-43(40,41)20-9-7-19(8-10-20)37-16-33-15-34-37;16-12-5-9(6-13(17)14(12)15(22)23)20-26(24,25)11-3-1-10(2-4-11)21-8-18-7-19-21;1-10-6-4-3-5-7(11-2)8(6)9;;/h2-11,13-16,26,36H,12H2,1H3,(H,35,38);1-8,20H,(H,22,23);3-5H,1-2H3;2*1H2/t26-;;;;/m0..../s1. The molecule has 22 nitrogen and oxygen atoms in total. The van der Waals surface area contributed by atoms with Crippen molar-refractivity contribution >= 4 is 89.3 Å². The van der Waals surface area contributed by atoms with Crippen molar-refractivity contribution in [2.75, 3.05) is 30.8 Å². The van der Waals surface area contributed by atoms with Gasteiger partial charge in [-0.25, -0.2) is 63.3 Å². The van der Waals surface area contributed by atoms with Crippen LogP contribution >= 0.6 is 15.9 Å². The Balaban J connectivity index is 0.000000267. The number of hydrogen-bond acceptors (Lipinski definition) is 14. The summed E-state index contributed by atoms with van der Waals surface area (Å²) in [6.45, 7) is 0. The molecule has 9 aromatic rings. The smallest absolute Gasteiger partial charge is 0.341 e. The molecule has 0 spiro atoms. The minimum absolute atomic E-state index is 0. The molecule has 0 saturated heterocycles. The number of methoxy groups -OCH3 is 3. The molecule has 82 heavy (non-hydrogen) atoms. The highest BCUT2D eigenvalue weighted by atomic mass is 79.9. The molecule has 7 aromatic carbocycles. The molecule has 0 unspecified atom stereocenters. The maximum absolute atomic E-state index is 15.1. The zero-order valence-corrected chi connectivity index (χ0v) is 45.9. The van der Waals surface area contributed by atoms with E-state index in [9.17, 15) is 40.0 Å². The van der Waals surface area contributed by atoms with Crippen molar-refractivity contribution in [1.82, 2.24) is 34.8 Å². The third-order valence-electron chi connectivity index (χ3n) is 11.3. The average molecular weight is 1230 g/mol. The van der Waals surface area contributed by atoms with Crippen LogP contribution in [-0.2, 0) is 36.0 Å². The fraction of sp³-hybridized carbons (Fsp3) is 0.0962. The molecule has 2 heterocycles. The van der Waals surface area contributed by atoms with Gasteiger partial charge in [0.05, 0.1) is 53.9 Å². The number of amides is 1. The van der Waals surface area contributed by atoms with Crippen molar-refractivity contribution in [2.45, 2.75) is 22.3 Å². The number of fused-ring (bicyclic) bond motifs is 1. The van der Waals surface area contributed by atoms with Crippen LogP contribution in [0.1, 0.15) is 26.3 Å². The van der Waals surface area contributed by atoms with Crippen LogP contribution in [0.5, 0.6) is 11.5 Å². The van der Waals surface area contributed by atoms with Crippen LogP contribution in [0.15, 0.2) is 167 Å². The molecule has 0 aliphatic heterocycles. The number of carbonyl (C=O) groups excluding carboxylic acids is 2. The summed E-state index contributed by atoms with van der Waals surface area (Å²) in [5, 5.41) is 20.6. The Kier molecular flexibility index (Phi) is 21.5. The van der Waals surface area contributed by atoms with E-state index in [1.54, 1.807) is 38.5 Å². The van der Waals surface area contributed by atoms with Crippen LogP contribution in [-0.4, -0.2) is 115 Å². The normalized spacial score (nSPS) is 11.2. The Morgan fingerprint density at radius 3 is 1.48 bits per heavy atom. The third kappa shape index (κ3) is 15.2. The maximum atomic E-state index is 15.1. The van der Waals surface area contributed by atoms with E-state index in [2.05, 4.69) is 46.1 Å². The third-order valence-corrected chi connectivity index (χ3v) is 14.8. The monoisotopic (exact) mass is 1230 g/mol. The van der Waals surface area contributed by atoms with Gasteiger partial charge in [-0.3, -0.25) is 14.2 Å². The van der Waals surface area contributed by atoms with Crippen LogP contribution in [0.4, 0.5) is 28.9 Å². The van der Waals surface area contributed by atoms with Gasteiger partial charge < -0.3 is 35.6 Å². The van der Waals surface area contributed by atoms with Crippen molar-refractivity contribution in [3.8, 4) is 22.9 Å². The SMILES string of the molecule is COC(=O)[C@H](Cc1ccc(Br)c2ccccc12)NC(=O)c1c(F)cc(NS(=O)(=O)c2ccc(-n3cncn3)cc2)cc1F.O.O.O=C(O)c1c(F)cc(NS(=O)(=O)c2ccc(-n3cncn3)cc2)cc1F.[B]c1c(OC)cccc1OC. The molecular weight excluding hydrogens is 1190 g/mol. The summed E-state index contributed by atoms with van der Waals surface area (Å²) in [5.74, 6) is -8.01. The number of carbonyl (C=O) groups is 3. The number of aromatic carboxylic acids is 1. The van der Waals surface area contributed by atoms with Gasteiger partial charge in [-0.2, -0.15) is 10.2 Å². The van der Waals surface area contributed by atoms with Gasteiger partial charge in [0.15, 0.2) is 0 Å². The second-order valence-corrected chi connectivity index (χ2v) is 20.6. The highest BCUT2D eigenvalue weighted by molar-refractivity contribution is 9.10. The van der Waals surface area contributed by atoms with Crippen molar-refractivity contribution in [3.05, 3.63) is 197 Å². The van der Waals surface area contributed by atoms with Gasteiger partial charge in [-0.05, 0) is 113 Å². The number of nitrogens with one attached hydrogen (secondary N) is 3. The average Bonchev–Trinajstić information content (AvgIpc) is 4.32. The molecule has 426 valence electrons. The lowest BCUT2D eigenvalue weighted by molar-refractivity contribution is -0.142. The molecule has 1 amide bonds. The van der Waals surface area contributed by atoms with Crippen LogP contribution in [0.3, 0.4) is 0 Å². The van der Waals surface area contributed by atoms with Crippen molar-refractivity contribution in [2.24, 2.45) is 0 Å². The molecule has 0 fully saturated rings. The fourth-order valence-corrected chi connectivity index (χ4v) is 10.1. The fourth-order valence-electron chi connectivity index (χ4n) is 7.52. The molecule has 0 saturated carbocycles. The predicted molar refractivity (Wildman–Crippen MR) is 295 cm³/mol. The van der Waals surface area contributed by atoms with Gasteiger partial charge in [0.1, 0.15) is 85.1 Å². The summed E-state index contributed by atoms with van der Waals surface area (Å²) < 4.78 is 130. The number of anilines is 2. The molecule has 30 heteroatoms. The Hall–Kier alpha value is -9.23. The minimum atomic E-state index is -4.25. The number of esters is 1. The lowest BCUT2D eigenvalue weighted by Crippen LogP contribution is -2.43. The van der Waals surface area contributed by atoms with Crippen molar-refractivity contribution in [1.29, 1.82) is 0 Å². The van der Waals surface area contributed by atoms with E-state index < -0.39 is 89.7 Å². The quantitative estimate of drug-likeness (QED) is 0.0515. The second kappa shape index (κ2) is 27.8. The van der Waals surface area contributed by atoms with E-state index in [-0.39, 0.29) is 27.2 Å². The molecule has 8 N–H and O–H groups in total. The number of rotatable bonds is 16. The number of carboxylic acids is 1. The molecule has 1 atom stereocenters. The number of halogens is 5. The van der Waals surface area contributed by atoms with Gasteiger partial charge in [-0.1, -0.05) is 52.3 Å². The lowest BCUT2D eigenvalue weighted by atomic mass is 9.94. The molecule has 0 bridgehead atoms. The van der Waals surface area contributed by atoms with E-state index >= 15 is 8.78 Å². The van der Waals surface area contributed by atoms with E-state index in [1.165, 1.54) is 83.2 Å². The van der Waals surface area contributed by atoms with Crippen LogP contribution in [0, 0.1) is 23.3 Å². The first kappa shape index (κ1) is 63.6. The van der Waals surface area contributed by atoms with Gasteiger partial charge in [0.2, 0.25) is 0 Å². The molecule has 2 aromatic heterocycles. The number of sulfonamides is 2. The number of benzene rings is 7.